The third kappa shape index (κ3) is 3.17. The summed E-state index contributed by atoms with van der Waals surface area (Å²) in [5, 5.41) is -0.755. The van der Waals surface area contributed by atoms with Crippen molar-refractivity contribution in [2.45, 2.75) is 37.1 Å². The fourth-order valence-corrected chi connectivity index (χ4v) is 3.34. The van der Waals surface area contributed by atoms with Gasteiger partial charge in [-0.05, 0) is 12.8 Å². The number of hydrogen-bond donors (Lipinski definition) is 0. The van der Waals surface area contributed by atoms with Crippen LogP contribution in [0, 0.1) is 0 Å². The van der Waals surface area contributed by atoms with E-state index in [1.165, 1.54) is 0 Å². The maximum absolute atomic E-state index is 11.8. The molecule has 0 aliphatic heterocycles. The molecule has 1 rings (SSSR count). The highest BCUT2D eigenvalue weighted by Crippen LogP contribution is 2.28. The molecule has 0 radical (unpaired) electrons. The molecule has 0 aromatic rings. The van der Waals surface area contributed by atoms with Crippen LogP contribution < -0.4 is 0 Å². The molecule has 0 N–H and O–H groups in total. The maximum Gasteiger partial charge on any atom is 0.402 e. The van der Waals surface area contributed by atoms with Gasteiger partial charge >= 0.3 is 6.18 Å². The SMILES string of the molecule is O=S(=O)(CC(F)(F)F)C1CCCC1. The van der Waals surface area contributed by atoms with Crippen LogP contribution in [-0.2, 0) is 9.84 Å². The molecular formula is C7H11F3O2S. The minimum Gasteiger partial charge on any atom is -0.228 e. The summed E-state index contributed by atoms with van der Waals surface area (Å²) >= 11 is 0. The Labute approximate surface area is 75.0 Å². The van der Waals surface area contributed by atoms with Gasteiger partial charge in [0.05, 0.1) is 5.25 Å². The first kappa shape index (κ1) is 10.8. The molecule has 1 saturated carbocycles. The molecule has 1 aliphatic rings. The van der Waals surface area contributed by atoms with Crippen molar-refractivity contribution in [3.63, 3.8) is 0 Å². The van der Waals surface area contributed by atoms with Gasteiger partial charge in [-0.3, -0.25) is 0 Å². The minimum atomic E-state index is -4.60. The molecular weight excluding hydrogens is 205 g/mol. The van der Waals surface area contributed by atoms with Crippen molar-refractivity contribution in [1.82, 2.24) is 0 Å². The molecule has 13 heavy (non-hydrogen) atoms. The highest BCUT2D eigenvalue weighted by atomic mass is 32.2. The minimum absolute atomic E-state index is 0.387. The van der Waals surface area contributed by atoms with E-state index in [0.29, 0.717) is 12.8 Å². The van der Waals surface area contributed by atoms with Gasteiger partial charge in [-0.15, -0.1) is 0 Å². The summed E-state index contributed by atoms with van der Waals surface area (Å²) in [4.78, 5) is 0. The molecule has 0 heterocycles. The van der Waals surface area contributed by atoms with Gasteiger partial charge < -0.3 is 0 Å². The molecule has 0 amide bonds. The lowest BCUT2D eigenvalue weighted by Gasteiger charge is -2.12. The Kier molecular flexibility index (Phi) is 2.89. The number of alkyl halides is 3. The zero-order valence-electron chi connectivity index (χ0n) is 6.97. The topological polar surface area (TPSA) is 34.1 Å². The summed E-state index contributed by atoms with van der Waals surface area (Å²) in [6.07, 6.45) is -2.37. The molecule has 1 aliphatic carbocycles. The van der Waals surface area contributed by atoms with Crippen LogP contribution in [0.25, 0.3) is 0 Å². The quantitative estimate of drug-likeness (QED) is 0.706. The molecule has 0 unspecified atom stereocenters. The van der Waals surface area contributed by atoms with E-state index >= 15 is 0 Å². The molecule has 78 valence electrons. The van der Waals surface area contributed by atoms with Gasteiger partial charge in [-0.1, -0.05) is 12.8 Å². The summed E-state index contributed by atoms with van der Waals surface area (Å²) in [5.74, 6) is -1.66. The Hall–Kier alpha value is -0.260. The summed E-state index contributed by atoms with van der Waals surface area (Å²) in [6, 6.07) is 0. The smallest absolute Gasteiger partial charge is 0.228 e. The van der Waals surface area contributed by atoms with E-state index in [9.17, 15) is 21.6 Å². The standard InChI is InChI=1S/C7H11F3O2S/c8-7(9,10)5-13(11,12)6-3-1-2-4-6/h6H,1-5H2. The van der Waals surface area contributed by atoms with Crippen LogP contribution in [0.1, 0.15) is 25.7 Å². The van der Waals surface area contributed by atoms with Gasteiger partial charge in [-0.2, -0.15) is 13.2 Å². The Morgan fingerprint density at radius 1 is 1.15 bits per heavy atom. The molecule has 1 fully saturated rings. The van der Waals surface area contributed by atoms with E-state index in [-0.39, 0.29) is 0 Å². The van der Waals surface area contributed by atoms with E-state index in [0.717, 1.165) is 12.8 Å². The van der Waals surface area contributed by atoms with Crippen molar-refractivity contribution < 1.29 is 21.6 Å². The third-order valence-electron chi connectivity index (χ3n) is 2.17. The van der Waals surface area contributed by atoms with Crippen LogP contribution in [0.2, 0.25) is 0 Å². The van der Waals surface area contributed by atoms with Crippen LogP contribution in [0.3, 0.4) is 0 Å². The first-order valence-corrected chi connectivity index (χ1v) is 5.81. The van der Waals surface area contributed by atoms with E-state index in [4.69, 9.17) is 0 Å². The van der Waals surface area contributed by atoms with Crippen LogP contribution in [0.15, 0.2) is 0 Å². The number of hydrogen-bond acceptors (Lipinski definition) is 2. The second kappa shape index (κ2) is 3.48. The Balaban J connectivity index is 2.66. The van der Waals surface area contributed by atoms with E-state index in [1.54, 1.807) is 0 Å². The zero-order valence-corrected chi connectivity index (χ0v) is 7.79. The largest absolute Gasteiger partial charge is 0.402 e. The highest BCUT2D eigenvalue weighted by Gasteiger charge is 2.39. The van der Waals surface area contributed by atoms with E-state index < -0.39 is 27.0 Å². The molecule has 0 saturated heterocycles. The molecule has 0 spiro atoms. The zero-order chi connectivity index (χ0) is 10.1. The lowest BCUT2D eigenvalue weighted by molar-refractivity contribution is -0.106. The number of halogens is 3. The summed E-state index contributed by atoms with van der Waals surface area (Å²) in [7, 11) is -3.94. The number of sulfone groups is 1. The van der Waals surface area contributed by atoms with Gasteiger partial charge in [0.15, 0.2) is 9.84 Å². The highest BCUT2D eigenvalue weighted by molar-refractivity contribution is 7.92. The normalized spacial score (nSPS) is 20.8. The molecule has 6 heteroatoms. The average molecular weight is 216 g/mol. The van der Waals surface area contributed by atoms with Gasteiger partial charge in [0.1, 0.15) is 5.75 Å². The van der Waals surface area contributed by atoms with Crippen molar-refractivity contribution in [1.29, 1.82) is 0 Å². The van der Waals surface area contributed by atoms with Crippen LogP contribution in [-0.4, -0.2) is 25.6 Å². The van der Waals surface area contributed by atoms with E-state index in [2.05, 4.69) is 0 Å². The average Bonchev–Trinajstić information content (AvgIpc) is 2.29. The van der Waals surface area contributed by atoms with Crippen molar-refractivity contribution in [2.24, 2.45) is 0 Å². The van der Waals surface area contributed by atoms with Gasteiger partial charge in [0.2, 0.25) is 0 Å². The van der Waals surface area contributed by atoms with Crippen LogP contribution in [0.4, 0.5) is 13.2 Å². The van der Waals surface area contributed by atoms with E-state index in [1.807, 2.05) is 0 Å². The molecule has 0 aromatic heterocycles. The predicted octanol–water partition coefficient (Wildman–Crippen LogP) is 1.91. The number of rotatable bonds is 2. The molecule has 0 bridgehead atoms. The third-order valence-corrected chi connectivity index (χ3v) is 4.39. The lowest BCUT2D eigenvalue weighted by atomic mass is 10.4. The van der Waals surface area contributed by atoms with Crippen molar-refractivity contribution >= 4 is 9.84 Å². The van der Waals surface area contributed by atoms with Crippen LogP contribution >= 0.6 is 0 Å². The fourth-order valence-electron chi connectivity index (χ4n) is 1.59. The fraction of sp³-hybridized carbons (Fsp3) is 1.00. The van der Waals surface area contributed by atoms with Crippen molar-refractivity contribution in [2.75, 3.05) is 5.75 Å². The molecule has 0 atom stereocenters. The lowest BCUT2D eigenvalue weighted by Crippen LogP contribution is -2.30. The van der Waals surface area contributed by atoms with Gasteiger partial charge in [0.25, 0.3) is 0 Å². The molecule has 2 nitrogen and oxygen atoms in total. The van der Waals surface area contributed by atoms with Crippen molar-refractivity contribution in [3.8, 4) is 0 Å². The Bertz CT molecular complexity index is 262. The van der Waals surface area contributed by atoms with Crippen LogP contribution in [0.5, 0.6) is 0 Å². The second-order valence-corrected chi connectivity index (χ2v) is 5.61. The van der Waals surface area contributed by atoms with Crippen molar-refractivity contribution in [3.05, 3.63) is 0 Å². The first-order chi connectivity index (χ1) is 5.81. The van der Waals surface area contributed by atoms with Gasteiger partial charge in [0, 0.05) is 0 Å². The summed E-state index contributed by atoms with van der Waals surface area (Å²) in [5.41, 5.74) is 0. The predicted molar refractivity (Wildman–Crippen MR) is 42.1 cm³/mol. The molecule has 0 aromatic carbocycles. The first-order valence-electron chi connectivity index (χ1n) is 4.09. The Morgan fingerprint density at radius 2 is 1.62 bits per heavy atom. The Morgan fingerprint density at radius 3 is 2.00 bits per heavy atom. The van der Waals surface area contributed by atoms with Gasteiger partial charge in [-0.25, -0.2) is 8.42 Å². The second-order valence-electron chi connectivity index (χ2n) is 3.33. The summed E-state index contributed by atoms with van der Waals surface area (Å²) < 4.78 is 57.7. The summed E-state index contributed by atoms with van der Waals surface area (Å²) in [6.45, 7) is 0. The monoisotopic (exact) mass is 216 g/mol. The maximum atomic E-state index is 11.8.